The molecule has 0 heterocycles. The summed E-state index contributed by atoms with van der Waals surface area (Å²) in [5.41, 5.74) is 0.917. The van der Waals surface area contributed by atoms with Crippen LogP contribution in [0.1, 0.15) is 19.4 Å². The number of carbonyl (C=O) groups is 2. The molecule has 1 N–H and O–H groups in total. The van der Waals surface area contributed by atoms with Crippen LogP contribution in [-0.4, -0.2) is 51.4 Å². The largest absolute Gasteiger partial charge is 0.492 e. The second-order valence-electron chi connectivity index (χ2n) is 8.17. The van der Waals surface area contributed by atoms with E-state index in [1.54, 1.807) is 80.6 Å². The number of likely N-dealkylation sites (N-methyl/N-ethyl adjacent to an activating group) is 1. The predicted octanol–water partition coefficient (Wildman–Crippen LogP) is 4.10. The first-order chi connectivity index (χ1) is 17.7. The Morgan fingerprint density at radius 3 is 2.32 bits per heavy atom. The molecular formula is C27H30ClN3O5S. The van der Waals surface area contributed by atoms with Gasteiger partial charge < -0.3 is 15.0 Å². The highest BCUT2D eigenvalue weighted by Gasteiger charge is 2.33. The lowest BCUT2D eigenvalue weighted by Gasteiger charge is -2.32. The first kappa shape index (κ1) is 28.0. The molecule has 8 nitrogen and oxygen atoms in total. The summed E-state index contributed by atoms with van der Waals surface area (Å²) in [6.07, 6.45) is 0. The van der Waals surface area contributed by atoms with E-state index < -0.39 is 28.5 Å². The number of halogens is 1. The Kier molecular flexibility index (Phi) is 9.54. The fourth-order valence-electron chi connectivity index (χ4n) is 3.80. The molecule has 0 radical (unpaired) electrons. The maximum absolute atomic E-state index is 13.8. The Hall–Kier alpha value is -3.56. The fourth-order valence-corrected chi connectivity index (χ4v) is 5.46. The number of nitrogens with one attached hydrogen (secondary N) is 1. The lowest BCUT2D eigenvalue weighted by Crippen LogP contribution is -2.50. The van der Waals surface area contributed by atoms with Gasteiger partial charge in [-0.3, -0.25) is 13.9 Å². The molecule has 1 unspecified atom stereocenters. The molecule has 0 saturated carbocycles. The summed E-state index contributed by atoms with van der Waals surface area (Å²) in [6.45, 7) is 3.18. The van der Waals surface area contributed by atoms with Crippen molar-refractivity contribution in [2.75, 3.05) is 24.5 Å². The summed E-state index contributed by atoms with van der Waals surface area (Å²) in [5.74, 6) is -0.637. The van der Waals surface area contributed by atoms with Gasteiger partial charge in [0, 0.05) is 18.6 Å². The zero-order valence-electron chi connectivity index (χ0n) is 20.9. The number of carbonyl (C=O) groups excluding carboxylic acids is 2. The van der Waals surface area contributed by atoms with E-state index in [4.69, 9.17) is 16.3 Å². The number of para-hydroxylation sites is 2. The number of benzene rings is 3. The molecule has 1 atom stereocenters. The van der Waals surface area contributed by atoms with Gasteiger partial charge >= 0.3 is 0 Å². The third kappa shape index (κ3) is 6.81. The zero-order chi connectivity index (χ0) is 27.0. The SMILES string of the molecule is CCOc1ccccc1N(CC(=O)N(Cc1cccc(Cl)c1)C(C)C(=O)NC)S(=O)(=O)c1ccccc1. The van der Waals surface area contributed by atoms with Crippen molar-refractivity contribution in [2.24, 2.45) is 0 Å². The topological polar surface area (TPSA) is 96.0 Å². The van der Waals surface area contributed by atoms with Gasteiger partial charge in [-0.05, 0) is 55.8 Å². The minimum absolute atomic E-state index is 0.0230. The first-order valence-corrected chi connectivity index (χ1v) is 13.6. The monoisotopic (exact) mass is 543 g/mol. The van der Waals surface area contributed by atoms with Gasteiger partial charge in [0.25, 0.3) is 10.0 Å². The van der Waals surface area contributed by atoms with Crippen molar-refractivity contribution in [2.45, 2.75) is 31.3 Å². The smallest absolute Gasteiger partial charge is 0.264 e. The Morgan fingerprint density at radius 1 is 1.00 bits per heavy atom. The Bertz CT molecular complexity index is 1330. The minimum atomic E-state index is -4.17. The molecule has 10 heteroatoms. The molecule has 0 saturated heterocycles. The number of ether oxygens (including phenoxy) is 1. The van der Waals surface area contributed by atoms with Crippen molar-refractivity contribution in [1.82, 2.24) is 10.2 Å². The number of hydrogen-bond acceptors (Lipinski definition) is 5. The first-order valence-electron chi connectivity index (χ1n) is 11.7. The van der Waals surface area contributed by atoms with Gasteiger partial charge in [0.15, 0.2) is 0 Å². The maximum atomic E-state index is 13.8. The van der Waals surface area contributed by atoms with Crippen LogP contribution in [0.3, 0.4) is 0 Å². The van der Waals surface area contributed by atoms with Crippen LogP contribution in [0.5, 0.6) is 5.75 Å². The minimum Gasteiger partial charge on any atom is -0.492 e. The van der Waals surface area contributed by atoms with E-state index in [1.807, 2.05) is 0 Å². The van der Waals surface area contributed by atoms with E-state index in [-0.39, 0.29) is 23.0 Å². The molecule has 3 rings (SSSR count). The van der Waals surface area contributed by atoms with E-state index in [9.17, 15) is 18.0 Å². The highest BCUT2D eigenvalue weighted by molar-refractivity contribution is 7.92. The third-order valence-electron chi connectivity index (χ3n) is 5.70. The van der Waals surface area contributed by atoms with Crippen molar-refractivity contribution >= 4 is 39.1 Å². The third-order valence-corrected chi connectivity index (χ3v) is 7.71. The van der Waals surface area contributed by atoms with E-state index in [0.29, 0.717) is 22.9 Å². The normalized spacial score (nSPS) is 11.9. The number of sulfonamides is 1. The van der Waals surface area contributed by atoms with Gasteiger partial charge in [-0.25, -0.2) is 8.42 Å². The summed E-state index contributed by atoms with van der Waals surface area (Å²) < 4.78 is 34.3. The Balaban J connectivity index is 2.07. The number of amides is 2. The van der Waals surface area contributed by atoms with Crippen molar-refractivity contribution in [3.63, 3.8) is 0 Å². The number of anilines is 1. The maximum Gasteiger partial charge on any atom is 0.264 e. The zero-order valence-corrected chi connectivity index (χ0v) is 22.5. The van der Waals surface area contributed by atoms with Crippen LogP contribution in [0.2, 0.25) is 5.02 Å². The van der Waals surface area contributed by atoms with Gasteiger partial charge in [0.1, 0.15) is 18.3 Å². The second-order valence-corrected chi connectivity index (χ2v) is 10.5. The van der Waals surface area contributed by atoms with Gasteiger partial charge in [-0.2, -0.15) is 0 Å². The number of nitrogens with zero attached hydrogens (tertiary/aromatic N) is 2. The van der Waals surface area contributed by atoms with E-state index in [2.05, 4.69) is 5.32 Å². The molecule has 0 fully saturated rings. The summed E-state index contributed by atoms with van der Waals surface area (Å²) in [6, 6.07) is 20.5. The predicted molar refractivity (Wildman–Crippen MR) is 144 cm³/mol. The lowest BCUT2D eigenvalue weighted by molar-refractivity contribution is -0.139. The molecule has 0 aliphatic carbocycles. The standard InChI is InChI=1S/C27H30ClN3O5S/c1-4-36-25-16-9-8-15-24(25)31(37(34,35)23-13-6-5-7-14-23)19-26(32)30(20(2)27(33)29-3)18-21-11-10-12-22(28)17-21/h5-17,20H,4,18-19H2,1-3H3,(H,29,33). The summed E-state index contributed by atoms with van der Waals surface area (Å²) in [7, 11) is -2.69. The van der Waals surface area contributed by atoms with Crippen LogP contribution in [0.15, 0.2) is 83.8 Å². The molecular weight excluding hydrogens is 514 g/mol. The molecule has 0 aliphatic rings. The molecule has 37 heavy (non-hydrogen) atoms. The summed E-state index contributed by atoms with van der Waals surface area (Å²) in [5, 5.41) is 3.04. The van der Waals surface area contributed by atoms with Crippen LogP contribution in [0.4, 0.5) is 5.69 Å². The Morgan fingerprint density at radius 2 is 1.68 bits per heavy atom. The van der Waals surface area contributed by atoms with Crippen molar-refractivity contribution in [3.05, 3.63) is 89.4 Å². The van der Waals surface area contributed by atoms with E-state index >= 15 is 0 Å². The Labute approximate surface area is 222 Å². The van der Waals surface area contributed by atoms with Gasteiger partial charge in [-0.1, -0.05) is 54.1 Å². The fraction of sp³-hybridized carbons (Fsp3) is 0.259. The lowest BCUT2D eigenvalue weighted by atomic mass is 10.1. The molecule has 0 spiro atoms. The highest BCUT2D eigenvalue weighted by Crippen LogP contribution is 2.32. The molecule has 3 aromatic rings. The van der Waals surface area contributed by atoms with E-state index in [1.165, 1.54) is 24.1 Å². The van der Waals surface area contributed by atoms with Crippen molar-refractivity contribution in [3.8, 4) is 5.75 Å². The van der Waals surface area contributed by atoms with Crippen LogP contribution >= 0.6 is 11.6 Å². The summed E-state index contributed by atoms with van der Waals surface area (Å²) in [4.78, 5) is 27.7. The molecule has 0 aromatic heterocycles. The van der Waals surface area contributed by atoms with E-state index in [0.717, 1.165) is 4.31 Å². The van der Waals surface area contributed by atoms with Gasteiger partial charge in [0.05, 0.1) is 17.2 Å². The van der Waals surface area contributed by atoms with Gasteiger partial charge in [0.2, 0.25) is 11.8 Å². The summed E-state index contributed by atoms with van der Waals surface area (Å²) >= 11 is 6.13. The van der Waals surface area contributed by atoms with Gasteiger partial charge in [-0.15, -0.1) is 0 Å². The van der Waals surface area contributed by atoms with Crippen LogP contribution in [0, 0.1) is 0 Å². The van der Waals surface area contributed by atoms with Crippen molar-refractivity contribution < 1.29 is 22.7 Å². The number of hydrogen-bond donors (Lipinski definition) is 1. The highest BCUT2D eigenvalue weighted by atomic mass is 35.5. The quantitative estimate of drug-likeness (QED) is 0.393. The number of rotatable bonds is 11. The molecule has 196 valence electrons. The van der Waals surface area contributed by atoms with Crippen LogP contribution in [0.25, 0.3) is 0 Å². The molecule has 3 aromatic carbocycles. The molecule has 0 bridgehead atoms. The molecule has 0 aliphatic heterocycles. The molecule has 2 amide bonds. The van der Waals surface area contributed by atoms with Crippen molar-refractivity contribution in [1.29, 1.82) is 0 Å². The average molecular weight is 544 g/mol. The van der Waals surface area contributed by atoms with Crippen LogP contribution in [-0.2, 0) is 26.2 Å². The second kappa shape index (κ2) is 12.6. The average Bonchev–Trinajstić information content (AvgIpc) is 2.90. The van der Waals surface area contributed by atoms with Crippen LogP contribution < -0.4 is 14.4 Å².